The summed E-state index contributed by atoms with van der Waals surface area (Å²) in [4.78, 5) is 12.9. The van der Waals surface area contributed by atoms with Gasteiger partial charge in [0, 0.05) is 12.3 Å². The Balaban J connectivity index is 0.00000208. The third kappa shape index (κ3) is 3.76. The van der Waals surface area contributed by atoms with Crippen LogP contribution in [0.1, 0.15) is 37.7 Å². The van der Waals surface area contributed by atoms with Crippen molar-refractivity contribution < 1.29 is 31.5 Å². The van der Waals surface area contributed by atoms with Gasteiger partial charge in [-0.05, 0) is 18.4 Å². The Labute approximate surface area is 150 Å². The Bertz CT molecular complexity index is 557. The molecule has 3 rings (SSSR count). The number of nitrogens with zero attached hydrogens (tertiary/aromatic N) is 1. The van der Waals surface area contributed by atoms with E-state index in [0.29, 0.717) is 5.56 Å². The van der Waals surface area contributed by atoms with Crippen molar-refractivity contribution in [3.8, 4) is 0 Å². The van der Waals surface area contributed by atoms with Gasteiger partial charge in [0.2, 0.25) is 0 Å². The Morgan fingerprint density at radius 2 is 1.79 bits per heavy atom. The van der Waals surface area contributed by atoms with Crippen LogP contribution in [0, 0.1) is 5.92 Å². The smallest absolute Gasteiger partial charge is 0.343 e. The predicted molar refractivity (Wildman–Crippen MR) is 88.6 cm³/mol. The summed E-state index contributed by atoms with van der Waals surface area (Å²) in [6, 6.07) is 9.33. The molecule has 2 aliphatic rings. The molecule has 0 aromatic heterocycles. The van der Waals surface area contributed by atoms with E-state index < -0.39 is 11.6 Å². The predicted octanol–water partition coefficient (Wildman–Crippen LogP) is -0.540. The quantitative estimate of drug-likeness (QED) is 0.584. The van der Waals surface area contributed by atoms with E-state index in [-0.39, 0.29) is 24.4 Å². The molecule has 1 N–H and O–H groups in total. The van der Waals surface area contributed by atoms with Gasteiger partial charge < -0.3 is 26.7 Å². The van der Waals surface area contributed by atoms with Gasteiger partial charge in [0.15, 0.2) is 11.7 Å². The van der Waals surface area contributed by atoms with Crippen LogP contribution in [0.5, 0.6) is 0 Å². The number of halogens is 1. The summed E-state index contributed by atoms with van der Waals surface area (Å²) in [6.45, 7) is 1.83. The van der Waals surface area contributed by atoms with Crippen molar-refractivity contribution >= 4 is 5.97 Å². The molecule has 1 saturated carbocycles. The van der Waals surface area contributed by atoms with Gasteiger partial charge in [-0.15, -0.1) is 0 Å². The standard InChI is InChI=1S/C19H28NO3.ClH/c1-20(2)13-12-17(14-20)23-18(21)19(22,16-10-6-7-11-16)15-8-4-3-5-9-15;/h3-5,8-9,16-17,22H,6-7,10-14H2,1-2H3;1H/q+1;/p-1/t17?,19-;/m1./s1. The summed E-state index contributed by atoms with van der Waals surface area (Å²) in [5, 5.41) is 11.4. The summed E-state index contributed by atoms with van der Waals surface area (Å²) in [5.41, 5.74) is -0.832. The van der Waals surface area contributed by atoms with Crippen LogP contribution in [-0.4, -0.2) is 48.8 Å². The van der Waals surface area contributed by atoms with Crippen molar-refractivity contribution in [3.05, 3.63) is 35.9 Å². The molecule has 1 saturated heterocycles. The molecule has 0 spiro atoms. The number of hydrogen-bond donors (Lipinski definition) is 1. The van der Waals surface area contributed by atoms with Gasteiger partial charge in [-0.1, -0.05) is 43.2 Å². The van der Waals surface area contributed by atoms with Crippen molar-refractivity contribution in [2.75, 3.05) is 27.2 Å². The largest absolute Gasteiger partial charge is 1.00 e. The molecule has 4 nitrogen and oxygen atoms in total. The molecular weight excluding hydrogens is 326 g/mol. The van der Waals surface area contributed by atoms with E-state index in [4.69, 9.17) is 4.74 Å². The van der Waals surface area contributed by atoms with Gasteiger partial charge in [-0.25, -0.2) is 4.79 Å². The summed E-state index contributed by atoms with van der Waals surface area (Å²) >= 11 is 0. The molecule has 1 heterocycles. The number of likely N-dealkylation sites (N-methyl/N-ethyl adjacent to an activating group) is 1. The molecule has 5 heteroatoms. The number of likely N-dealkylation sites (tertiary alicyclic amines) is 1. The normalized spacial score (nSPS) is 25.7. The minimum absolute atomic E-state index is 0. The third-order valence-electron chi connectivity index (χ3n) is 5.50. The highest BCUT2D eigenvalue weighted by Crippen LogP contribution is 2.42. The molecule has 1 aliphatic carbocycles. The van der Waals surface area contributed by atoms with E-state index in [2.05, 4.69) is 14.1 Å². The summed E-state index contributed by atoms with van der Waals surface area (Å²) in [5.74, 6) is -0.496. The lowest BCUT2D eigenvalue weighted by molar-refractivity contribution is -0.879. The maximum absolute atomic E-state index is 12.9. The van der Waals surface area contributed by atoms with Crippen LogP contribution in [0.25, 0.3) is 0 Å². The lowest BCUT2D eigenvalue weighted by Crippen LogP contribution is -3.00. The number of esters is 1. The average molecular weight is 354 g/mol. The van der Waals surface area contributed by atoms with Crippen LogP contribution in [0.15, 0.2) is 30.3 Å². The highest BCUT2D eigenvalue weighted by molar-refractivity contribution is 5.81. The van der Waals surface area contributed by atoms with E-state index >= 15 is 0 Å². The van der Waals surface area contributed by atoms with Gasteiger partial charge >= 0.3 is 5.97 Å². The fraction of sp³-hybridized carbons (Fsp3) is 0.632. The maximum atomic E-state index is 12.9. The van der Waals surface area contributed by atoms with Crippen LogP contribution in [0.2, 0.25) is 0 Å². The van der Waals surface area contributed by atoms with E-state index in [1.807, 2.05) is 30.3 Å². The second-order valence-electron chi connectivity index (χ2n) is 7.77. The highest BCUT2D eigenvalue weighted by Gasteiger charge is 2.49. The number of quaternary nitrogens is 1. The first-order valence-corrected chi connectivity index (χ1v) is 8.73. The molecule has 0 bridgehead atoms. The number of carbonyl (C=O) groups excluding carboxylic acids is 1. The van der Waals surface area contributed by atoms with Crippen molar-refractivity contribution in [1.82, 2.24) is 0 Å². The average Bonchev–Trinajstić information content (AvgIpc) is 3.17. The minimum atomic E-state index is -1.50. The Morgan fingerprint density at radius 1 is 1.17 bits per heavy atom. The molecule has 1 aliphatic heterocycles. The van der Waals surface area contributed by atoms with Crippen molar-refractivity contribution in [2.24, 2.45) is 5.92 Å². The monoisotopic (exact) mass is 353 g/mol. The highest BCUT2D eigenvalue weighted by atomic mass is 35.5. The van der Waals surface area contributed by atoms with Crippen molar-refractivity contribution in [3.63, 3.8) is 0 Å². The number of carbonyl (C=O) groups is 1. The summed E-state index contributed by atoms with van der Waals surface area (Å²) in [6.07, 6.45) is 4.68. The first kappa shape index (κ1) is 19.2. The van der Waals surface area contributed by atoms with Gasteiger partial charge in [-0.3, -0.25) is 0 Å². The molecule has 0 radical (unpaired) electrons. The number of aliphatic hydroxyl groups is 1. The first-order valence-electron chi connectivity index (χ1n) is 8.73. The Hall–Kier alpha value is -1.10. The molecule has 1 unspecified atom stereocenters. The molecule has 2 fully saturated rings. The zero-order valence-electron chi connectivity index (χ0n) is 14.6. The van der Waals surface area contributed by atoms with E-state index in [1.165, 1.54) is 0 Å². The van der Waals surface area contributed by atoms with Crippen LogP contribution in [-0.2, 0) is 15.1 Å². The van der Waals surface area contributed by atoms with Crippen LogP contribution in [0.3, 0.4) is 0 Å². The zero-order chi connectivity index (χ0) is 16.5. The Kier molecular flexibility index (Phi) is 5.95. The summed E-state index contributed by atoms with van der Waals surface area (Å²) in [7, 11) is 4.29. The first-order chi connectivity index (χ1) is 10.9. The maximum Gasteiger partial charge on any atom is 0.343 e. The molecule has 2 atom stereocenters. The van der Waals surface area contributed by atoms with Gasteiger partial charge in [0.25, 0.3) is 0 Å². The van der Waals surface area contributed by atoms with E-state index in [1.54, 1.807) is 0 Å². The number of rotatable bonds is 4. The second kappa shape index (κ2) is 7.42. The van der Waals surface area contributed by atoms with E-state index in [9.17, 15) is 9.90 Å². The molecule has 134 valence electrons. The van der Waals surface area contributed by atoms with Crippen LogP contribution >= 0.6 is 0 Å². The lowest BCUT2D eigenvalue weighted by Gasteiger charge is -2.33. The van der Waals surface area contributed by atoms with E-state index in [0.717, 1.165) is 49.7 Å². The van der Waals surface area contributed by atoms with Crippen LogP contribution < -0.4 is 12.4 Å². The molecule has 1 aromatic carbocycles. The second-order valence-corrected chi connectivity index (χ2v) is 7.77. The van der Waals surface area contributed by atoms with Crippen molar-refractivity contribution in [1.29, 1.82) is 0 Å². The SMILES string of the molecule is C[N+]1(C)CCC(OC(=O)[C@@](O)(c2ccccc2)C2CCCC2)C1.[Cl-]. The Morgan fingerprint density at radius 3 is 2.33 bits per heavy atom. The van der Waals surface area contributed by atoms with Crippen molar-refractivity contribution in [2.45, 2.75) is 43.8 Å². The minimum Gasteiger partial charge on any atom is -1.00 e. The third-order valence-corrected chi connectivity index (χ3v) is 5.50. The van der Waals surface area contributed by atoms with Gasteiger partial charge in [0.1, 0.15) is 6.54 Å². The van der Waals surface area contributed by atoms with Crippen LogP contribution in [0.4, 0.5) is 0 Å². The topological polar surface area (TPSA) is 46.5 Å². The summed E-state index contributed by atoms with van der Waals surface area (Å²) < 4.78 is 6.64. The molecular formula is C19H28ClNO3. The number of hydrogen-bond acceptors (Lipinski definition) is 3. The zero-order valence-corrected chi connectivity index (χ0v) is 15.3. The molecule has 24 heavy (non-hydrogen) atoms. The fourth-order valence-corrected chi connectivity index (χ4v) is 4.12. The lowest BCUT2D eigenvalue weighted by atomic mass is 9.80. The molecule has 0 amide bonds. The van der Waals surface area contributed by atoms with Gasteiger partial charge in [-0.2, -0.15) is 0 Å². The number of benzene rings is 1. The van der Waals surface area contributed by atoms with Gasteiger partial charge in [0.05, 0.1) is 20.6 Å². The fourth-order valence-electron chi connectivity index (χ4n) is 4.12. The molecule has 1 aromatic rings. The number of ether oxygens (including phenoxy) is 1.